The Kier molecular flexibility index (Phi) is 7.71. The molecule has 3 amide bonds. The van der Waals surface area contributed by atoms with E-state index in [2.05, 4.69) is 25.9 Å². The van der Waals surface area contributed by atoms with Crippen LogP contribution in [0.2, 0.25) is 0 Å². The first-order valence-electron chi connectivity index (χ1n) is 11.8. The van der Waals surface area contributed by atoms with Crippen LogP contribution in [0, 0.1) is 0 Å². The summed E-state index contributed by atoms with van der Waals surface area (Å²) in [7, 11) is 0. The molecule has 2 aromatic rings. The van der Waals surface area contributed by atoms with Gasteiger partial charge in [-0.2, -0.15) is 4.98 Å². The van der Waals surface area contributed by atoms with Gasteiger partial charge in [-0.25, -0.2) is 9.78 Å². The number of nitrogens with zero attached hydrogens (tertiary/aromatic N) is 3. The van der Waals surface area contributed by atoms with Crippen LogP contribution in [0.4, 0.5) is 22.2 Å². The third kappa shape index (κ3) is 7.56. The number of aromatic nitrogens is 2. The van der Waals surface area contributed by atoms with Gasteiger partial charge in [0.1, 0.15) is 17.0 Å². The zero-order chi connectivity index (χ0) is 26.7. The van der Waals surface area contributed by atoms with Gasteiger partial charge in [-0.3, -0.25) is 9.59 Å². The first-order valence-corrected chi connectivity index (χ1v) is 11.8. The van der Waals surface area contributed by atoms with Gasteiger partial charge in [0, 0.05) is 36.1 Å². The van der Waals surface area contributed by atoms with Crippen LogP contribution in [0.25, 0.3) is 0 Å². The number of carbonyl (C=O) groups excluding carboxylic acids is 3. The highest BCUT2D eigenvalue weighted by Crippen LogP contribution is 2.24. The summed E-state index contributed by atoms with van der Waals surface area (Å²) in [4.78, 5) is 47.2. The molecule has 0 saturated carbocycles. The fourth-order valence-corrected chi connectivity index (χ4v) is 3.59. The summed E-state index contributed by atoms with van der Waals surface area (Å²) < 4.78 is 5.33. The van der Waals surface area contributed by atoms with Crippen molar-refractivity contribution < 1.29 is 19.1 Å². The number of carbonyl (C=O) groups is 3. The van der Waals surface area contributed by atoms with Crippen LogP contribution in [0.1, 0.15) is 68.7 Å². The number of primary amides is 1. The van der Waals surface area contributed by atoms with E-state index in [1.165, 1.54) is 6.20 Å². The Balaban J connectivity index is 1.72. The summed E-state index contributed by atoms with van der Waals surface area (Å²) in [6.45, 7) is 12.3. The summed E-state index contributed by atoms with van der Waals surface area (Å²) in [5, 5.41) is 8.88. The van der Waals surface area contributed by atoms with Crippen molar-refractivity contribution >= 4 is 35.4 Å². The lowest BCUT2D eigenvalue weighted by Gasteiger charge is -2.22. The summed E-state index contributed by atoms with van der Waals surface area (Å²) >= 11 is 0. The average molecular weight is 498 g/mol. The summed E-state index contributed by atoms with van der Waals surface area (Å²) in [6, 6.07) is 6.69. The fourth-order valence-electron chi connectivity index (χ4n) is 3.59. The highest BCUT2D eigenvalue weighted by Gasteiger charge is 2.28. The van der Waals surface area contributed by atoms with Crippen LogP contribution in [-0.2, 0) is 4.74 Å². The molecule has 36 heavy (non-hydrogen) atoms. The molecule has 1 fully saturated rings. The lowest BCUT2D eigenvalue weighted by Crippen LogP contribution is -2.40. The monoisotopic (exact) mass is 497 g/mol. The van der Waals surface area contributed by atoms with Crippen LogP contribution < -0.4 is 26.6 Å². The van der Waals surface area contributed by atoms with Gasteiger partial charge < -0.3 is 31.3 Å². The van der Waals surface area contributed by atoms with E-state index in [4.69, 9.17) is 10.5 Å². The van der Waals surface area contributed by atoms with Gasteiger partial charge in [0.2, 0.25) is 5.95 Å². The maximum absolute atomic E-state index is 12.4. The molecule has 1 aliphatic heterocycles. The fraction of sp³-hybridized carbons (Fsp3) is 0.480. The molecular formula is C25H35N7O4. The maximum Gasteiger partial charge on any atom is 0.407 e. The van der Waals surface area contributed by atoms with Crippen LogP contribution in [-0.4, -0.2) is 58.1 Å². The minimum atomic E-state index is -0.670. The average Bonchev–Trinajstić information content (AvgIpc) is 3.19. The molecule has 1 aliphatic rings. The van der Waals surface area contributed by atoms with Gasteiger partial charge in [0.25, 0.3) is 11.8 Å². The number of nitrogens with one attached hydrogen (secondary N) is 3. The smallest absolute Gasteiger partial charge is 0.407 e. The Morgan fingerprint density at radius 2 is 1.75 bits per heavy atom. The van der Waals surface area contributed by atoms with E-state index in [0.717, 1.165) is 0 Å². The molecule has 1 aromatic carbocycles. The molecule has 11 heteroatoms. The molecule has 0 bridgehead atoms. The number of anilines is 3. The second-order valence-corrected chi connectivity index (χ2v) is 10.8. The zero-order valence-electron chi connectivity index (χ0n) is 21.6. The maximum atomic E-state index is 12.4. The van der Waals surface area contributed by atoms with Crippen molar-refractivity contribution in [1.82, 2.24) is 20.6 Å². The molecule has 194 valence electrons. The molecule has 11 nitrogen and oxygen atoms in total. The van der Waals surface area contributed by atoms with E-state index in [-0.39, 0.29) is 28.9 Å². The second-order valence-electron chi connectivity index (χ2n) is 10.8. The molecule has 0 aliphatic carbocycles. The number of alkyl carbamates (subject to hydrolysis) is 1. The number of hydrogen-bond donors (Lipinski definition) is 4. The number of hydrogen-bond acceptors (Lipinski definition) is 8. The molecule has 5 N–H and O–H groups in total. The lowest BCUT2D eigenvalue weighted by molar-refractivity contribution is 0.0508. The largest absolute Gasteiger partial charge is 0.444 e. The number of benzene rings is 1. The normalized spacial score (nSPS) is 15.8. The molecule has 1 unspecified atom stereocenters. The van der Waals surface area contributed by atoms with E-state index in [1.807, 2.05) is 46.4 Å². The van der Waals surface area contributed by atoms with Gasteiger partial charge >= 0.3 is 6.09 Å². The van der Waals surface area contributed by atoms with E-state index in [1.54, 1.807) is 24.3 Å². The number of nitrogens with two attached hydrogens (primary N) is 1. The molecule has 2 heterocycles. The number of rotatable bonds is 6. The highest BCUT2D eigenvalue weighted by molar-refractivity contribution is 5.98. The first-order chi connectivity index (χ1) is 16.7. The van der Waals surface area contributed by atoms with Gasteiger partial charge in [-0.1, -0.05) is 0 Å². The Bertz CT molecular complexity index is 1120. The molecule has 1 atom stereocenters. The van der Waals surface area contributed by atoms with E-state index < -0.39 is 17.6 Å². The second kappa shape index (κ2) is 10.4. The molecule has 1 saturated heterocycles. The van der Waals surface area contributed by atoms with Gasteiger partial charge in [-0.05, 0) is 72.2 Å². The van der Waals surface area contributed by atoms with Crippen molar-refractivity contribution in [3.8, 4) is 0 Å². The van der Waals surface area contributed by atoms with Gasteiger partial charge in [0.05, 0.1) is 6.04 Å². The third-order valence-electron chi connectivity index (χ3n) is 5.13. The number of ether oxygens (including phenoxy) is 1. The van der Waals surface area contributed by atoms with Gasteiger partial charge in [0.15, 0.2) is 0 Å². The zero-order valence-corrected chi connectivity index (χ0v) is 21.6. The summed E-state index contributed by atoms with van der Waals surface area (Å²) in [5.41, 5.74) is 5.88. The molecule has 0 spiro atoms. The molecule has 1 aromatic heterocycles. The Morgan fingerprint density at radius 1 is 1.08 bits per heavy atom. The SMILES string of the molecule is CC(C)(C)NC(=O)c1ccc(Nc2nc(N3CCC(NC(=O)OC(C)(C)C)C3)ncc2C(N)=O)cc1. The van der Waals surface area contributed by atoms with Crippen LogP contribution >= 0.6 is 0 Å². The minimum absolute atomic E-state index is 0.123. The molecule has 0 radical (unpaired) electrons. The topological polar surface area (TPSA) is 152 Å². The Morgan fingerprint density at radius 3 is 2.33 bits per heavy atom. The van der Waals surface area contributed by atoms with Crippen molar-refractivity contribution in [2.24, 2.45) is 5.73 Å². The minimum Gasteiger partial charge on any atom is -0.444 e. The van der Waals surface area contributed by atoms with Crippen molar-refractivity contribution in [3.63, 3.8) is 0 Å². The van der Waals surface area contributed by atoms with Crippen LogP contribution in [0.5, 0.6) is 0 Å². The standard InChI is InChI=1S/C25H35N7O4/c1-24(2,3)31-21(34)15-7-9-16(10-8-15)28-20-18(19(26)33)13-27-22(30-20)32-12-11-17(14-32)29-23(35)36-25(4,5)6/h7-10,13,17H,11-12,14H2,1-6H3,(H2,26,33)(H,29,35)(H,31,34)(H,27,28,30). The van der Waals surface area contributed by atoms with Crippen LogP contribution in [0.3, 0.4) is 0 Å². The molecule has 3 rings (SSSR count). The van der Waals surface area contributed by atoms with E-state index in [9.17, 15) is 14.4 Å². The van der Waals surface area contributed by atoms with E-state index >= 15 is 0 Å². The number of amides is 3. The van der Waals surface area contributed by atoms with Crippen molar-refractivity contribution in [3.05, 3.63) is 41.6 Å². The predicted octanol–water partition coefficient (Wildman–Crippen LogP) is 2.95. The summed E-state index contributed by atoms with van der Waals surface area (Å²) in [6.07, 6.45) is 1.61. The highest BCUT2D eigenvalue weighted by atomic mass is 16.6. The quantitative estimate of drug-likeness (QED) is 0.475. The van der Waals surface area contributed by atoms with Crippen molar-refractivity contribution in [2.75, 3.05) is 23.3 Å². The van der Waals surface area contributed by atoms with Crippen molar-refractivity contribution in [1.29, 1.82) is 0 Å². The Labute approximate surface area is 211 Å². The lowest BCUT2D eigenvalue weighted by atomic mass is 10.1. The van der Waals surface area contributed by atoms with Crippen molar-refractivity contribution in [2.45, 2.75) is 65.1 Å². The molecular weight excluding hydrogens is 462 g/mol. The third-order valence-corrected chi connectivity index (χ3v) is 5.13. The van der Waals surface area contributed by atoms with E-state index in [0.29, 0.717) is 36.7 Å². The first kappa shape index (κ1) is 26.7. The Hall–Kier alpha value is -3.89. The van der Waals surface area contributed by atoms with Crippen LogP contribution in [0.15, 0.2) is 30.5 Å². The summed E-state index contributed by atoms with van der Waals surface area (Å²) in [5.74, 6) is -0.198. The van der Waals surface area contributed by atoms with Gasteiger partial charge in [-0.15, -0.1) is 0 Å². The predicted molar refractivity (Wildman–Crippen MR) is 137 cm³/mol.